The molecule has 118 valence electrons. The van der Waals surface area contributed by atoms with Crippen molar-refractivity contribution in [3.8, 4) is 0 Å². The standard InChI is InChI=1S/C20H33N/c1-16(2)11-13-20(15-21-14-17(3)4)12-7-9-18-8-5-6-10-19(18)20/h5-6,8,10,16-17,21H,7,9,11-15H2,1-4H3. The molecule has 0 spiro atoms. The van der Waals surface area contributed by atoms with Crippen LogP contribution in [0.1, 0.15) is 64.5 Å². The molecule has 21 heavy (non-hydrogen) atoms. The van der Waals surface area contributed by atoms with E-state index in [4.69, 9.17) is 0 Å². The van der Waals surface area contributed by atoms with E-state index in [0.717, 1.165) is 24.9 Å². The maximum absolute atomic E-state index is 3.76. The minimum atomic E-state index is 0.369. The van der Waals surface area contributed by atoms with Crippen LogP contribution in [0.25, 0.3) is 0 Å². The topological polar surface area (TPSA) is 12.0 Å². The predicted octanol–water partition coefficient (Wildman–Crippen LogP) is 4.94. The number of rotatable bonds is 7. The molecular formula is C20H33N. The van der Waals surface area contributed by atoms with Crippen LogP contribution in [-0.2, 0) is 11.8 Å². The Balaban J connectivity index is 2.19. The first-order valence-corrected chi connectivity index (χ1v) is 8.82. The molecule has 1 aliphatic rings. The number of fused-ring (bicyclic) bond motifs is 1. The summed E-state index contributed by atoms with van der Waals surface area (Å²) in [7, 11) is 0. The molecule has 0 aromatic heterocycles. The Hall–Kier alpha value is -0.820. The van der Waals surface area contributed by atoms with Gasteiger partial charge in [-0.3, -0.25) is 0 Å². The Labute approximate surface area is 131 Å². The van der Waals surface area contributed by atoms with E-state index in [1.165, 1.54) is 32.1 Å². The zero-order chi connectivity index (χ0) is 15.3. The first-order valence-electron chi connectivity index (χ1n) is 8.82. The van der Waals surface area contributed by atoms with E-state index in [1.807, 2.05) is 0 Å². The molecule has 1 atom stereocenters. The fourth-order valence-electron chi connectivity index (χ4n) is 3.70. The van der Waals surface area contributed by atoms with Crippen LogP contribution in [0, 0.1) is 11.8 Å². The fourth-order valence-corrected chi connectivity index (χ4v) is 3.70. The molecule has 1 heteroatoms. The number of aryl methyl sites for hydroxylation is 1. The van der Waals surface area contributed by atoms with Gasteiger partial charge < -0.3 is 5.32 Å². The summed E-state index contributed by atoms with van der Waals surface area (Å²) in [6.07, 6.45) is 6.62. The van der Waals surface area contributed by atoms with Crippen molar-refractivity contribution in [3.05, 3.63) is 35.4 Å². The van der Waals surface area contributed by atoms with Crippen LogP contribution < -0.4 is 5.32 Å². The first-order chi connectivity index (χ1) is 10.0. The van der Waals surface area contributed by atoms with Crippen LogP contribution in [0.5, 0.6) is 0 Å². The van der Waals surface area contributed by atoms with Gasteiger partial charge in [-0.1, -0.05) is 58.4 Å². The molecule has 0 saturated heterocycles. The van der Waals surface area contributed by atoms with E-state index in [-0.39, 0.29) is 0 Å². The fraction of sp³-hybridized carbons (Fsp3) is 0.700. The third kappa shape index (κ3) is 4.32. The lowest BCUT2D eigenvalue weighted by Gasteiger charge is -2.40. The van der Waals surface area contributed by atoms with Gasteiger partial charge in [-0.2, -0.15) is 0 Å². The van der Waals surface area contributed by atoms with Gasteiger partial charge in [0.1, 0.15) is 0 Å². The van der Waals surface area contributed by atoms with Gasteiger partial charge >= 0.3 is 0 Å². The van der Waals surface area contributed by atoms with Gasteiger partial charge in [0.25, 0.3) is 0 Å². The molecule has 0 bridgehead atoms. The van der Waals surface area contributed by atoms with Gasteiger partial charge in [-0.15, -0.1) is 0 Å². The van der Waals surface area contributed by atoms with Crippen LogP contribution in [-0.4, -0.2) is 13.1 Å². The minimum Gasteiger partial charge on any atom is -0.316 e. The minimum absolute atomic E-state index is 0.369. The molecule has 1 aromatic carbocycles. The summed E-state index contributed by atoms with van der Waals surface area (Å²) in [4.78, 5) is 0. The molecule has 1 N–H and O–H groups in total. The average Bonchev–Trinajstić information content (AvgIpc) is 2.45. The number of hydrogen-bond donors (Lipinski definition) is 1. The lowest BCUT2D eigenvalue weighted by Crippen LogP contribution is -2.42. The zero-order valence-corrected chi connectivity index (χ0v) is 14.4. The van der Waals surface area contributed by atoms with Crippen LogP contribution in [0.4, 0.5) is 0 Å². The Morgan fingerprint density at radius 2 is 1.86 bits per heavy atom. The summed E-state index contributed by atoms with van der Waals surface area (Å²) in [5.41, 5.74) is 3.60. The third-order valence-corrected chi connectivity index (χ3v) is 4.91. The van der Waals surface area contributed by atoms with E-state index in [1.54, 1.807) is 11.1 Å². The van der Waals surface area contributed by atoms with Gasteiger partial charge in [0, 0.05) is 12.0 Å². The van der Waals surface area contributed by atoms with Gasteiger partial charge in [0.2, 0.25) is 0 Å². The van der Waals surface area contributed by atoms with Crippen LogP contribution in [0.3, 0.4) is 0 Å². The van der Waals surface area contributed by atoms with Gasteiger partial charge in [0.05, 0.1) is 0 Å². The lowest BCUT2D eigenvalue weighted by molar-refractivity contribution is 0.290. The SMILES string of the molecule is CC(C)CCC1(CNCC(C)C)CCCc2ccccc21. The van der Waals surface area contributed by atoms with Crippen molar-refractivity contribution in [2.45, 2.75) is 65.2 Å². The van der Waals surface area contributed by atoms with Gasteiger partial charge in [-0.25, -0.2) is 0 Å². The molecule has 0 heterocycles. The molecule has 0 aliphatic heterocycles. The highest BCUT2D eigenvalue weighted by atomic mass is 14.9. The summed E-state index contributed by atoms with van der Waals surface area (Å²) in [6, 6.07) is 9.18. The maximum Gasteiger partial charge on any atom is 0.00807 e. The monoisotopic (exact) mass is 287 g/mol. The van der Waals surface area contributed by atoms with E-state index >= 15 is 0 Å². The van der Waals surface area contributed by atoms with E-state index < -0.39 is 0 Å². The summed E-state index contributed by atoms with van der Waals surface area (Å²) >= 11 is 0. The van der Waals surface area contributed by atoms with Crippen molar-refractivity contribution in [2.24, 2.45) is 11.8 Å². The third-order valence-electron chi connectivity index (χ3n) is 4.91. The highest BCUT2D eigenvalue weighted by Crippen LogP contribution is 2.41. The highest BCUT2D eigenvalue weighted by molar-refractivity contribution is 5.37. The van der Waals surface area contributed by atoms with E-state index in [2.05, 4.69) is 57.3 Å². The molecule has 0 saturated carbocycles. The second kappa shape index (κ2) is 7.45. The molecular weight excluding hydrogens is 254 g/mol. The summed E-state index contributed by atoms with van der Waals surface area (Å²) in [5.74, 6) is 1.52. The van der Waals surface area contributed by atoms with E-state index in [9.17, 15) is 0 Å². The number of nitrogens with one attached hydrogen (secondary N) is 1. The molecule has 1 nitrogen and oxygen atoms in total. The Morgan fingerprint density at radius 1 is 1.10 bits per heavy atom. The Morgan fingerprint density at radius 3 is 2.57 bits per heavy atom. The molecule has 2 rings (SSSR count). The molecule has 1 aliphatic carbocycles. The Bertz CT molecular complexity index is 435. The Kier molecular flexibility index (Phi) is 5.87. The molecule has 0 fully saturated rings. The van der Waals surface area contributed by atoms with Crippen molar-refractivity contribution in [1.29, 1.82) is 0 Å². The second-order valence-electron chi connectivity index (χ2n) is 7.75. The number of hydrogen-bond acceptors (Lipinski definition) is 1. The summed E-state index contributed by atoms with van der Waals surface area (Å²) in [6.45, 7) is 11.6. The summed E-state index contributed by atoms with van der Waals surface area (Å²) in [5, 5.41) is 3.76. The molecule has 1 unspecified atom stereocenters. The second-order valence-corrected chi connectivity index (χ2v) is 7.75. The number of benzene rings is 1. The first kappa shape index (κ1) is 16.5. The zero-order valence-electron chi connectivity index (χ0n) is 14.4. The van der Waals surface area contributed by atoms with Crippen molar-refractivity contribution in [1.82, 2.24) is 5.32 Å². The predicted molar refractivity (Wildman–Crippen MR) is 92.8 cm³/mol. The van der Waals surface area contributed by atoms with Crippen molar-refractivity contribution >= 4 is 0 Å². The molecule has 0 radical (unpaired) electrons. The maximum atomic E-state index is 3.76. The van der Waals surface area contributed by atoms with Crippen LogP contribution in [0.2, 0.25) is 0 Å². The lowest BCUT2D eigenvalue weighted by atomic mass is 9.66. The van der Waals surface area contributed by atoms with Crippen molar-refractivity contribution in [3.63, 3.8) is 0 Å². The highest BCUT2D eigenvalue weighted by Gasteiger charge is 2.35. The molecule has 0 amide bonds. The smallest absolute Gasteiger partial charge is 0.00807 e. The molecule has 1 aromatic rings. The van der Waals surface area contributed by atoms with Gasteiger partial charge in [0.15, 0.2) is 0 Å². The summed E-state index contributed by atoms with van der Waals surface area (Å²) < 4.78 is 0. The normalized spacial score (nSPS) is 21.8. The van der Waals surface area contributed by atoms with Crippen molar-refractivity contribution in [2.75, 3.05) is 13.1 Å². The van der Waals surface area contributed by atoms with Crippen LogP contribution in [0.15, 0.2) is 24.3 Å². The van der Waals surface area contributed by atoms with Gasteiger partial charge in [-0.05, 0) is 55.2 Å². The van der Waals surface area contributed by atoms with Crippen molar-refractivity contribution < 1.29 is 0 Å². The quantitative estimate of drug-likeness (QED) is 0.749. The average molecular weight is 287 g/mol. The van der Waals surface area contributed by atoms with Crippen LogP contribution >= 0.6 is 0 Å². The van der Waals surface area contributed by atoms with E-state index in [0.29, 0.717) is 5.41 Å². The largest absolute Gasteiger partial charge is 0.316 e.